The van der Waals surface area contributed by atoms with Crippen molar-refractivity contribution in [3.63, 3.8) is 0 Å². The van der Waals surface area contributed by atoms with Crippen molar-refractivity contribution in [2.75, 3.05) is 14.2 Å². The summed E-state index contributed by atoms with van der Waals surface area (Å²) >= 11 is 2.23. The number of nitrogens with zero attached hydrogens (tertiary/aromatic N) is 1. The standard InChI is InChI=1S/C9H16INO2/c1-7(5-6-8(2)10)9(12)11(3)13-4/h6-7H,5H2,1-4H3/b8-6-/t7-/m0/s1. The van der Waals surface area contributed by atoms with Gasteiger partial charge in [0.1, 0.15) is 0 Å². The van der Waals surface area contributed by atoms with E-state index in [0.717, 1.165) is 6.42 Å². The third-order valence-electron chi connectivity index (χ3n) is 1.76. The molecule has 4 heteroatoms. The van der Waals surface area contributed by atoms with Crippen LogP contribution in [0.1, 0.15) is 20.3 Å². The molecule has 0 N–H and O–H groups in total. The molecule has 76 valence electrons. The third-order valence-corrected chi connectivity index (χ3v) is 2.20. The van der Waals surface area contributed by atoms with E-state index in [4.69, 9.17) is 4.84 Å². The number of halogens is 1. The molecule has 0 aliphatic rings. The second kappa shape index (κ2) is 6.37. The summed E-state index contributed by atoms with van der Waals surface area (Å²) < 4.78 is 1.21. The first-order chi connectivity index (χ1) is 5.99. The maximum atomic E-state index is 11.5. The van der Waals surface area contributed by atoms with Crippen molar-refractivity contribution in [3.8, 4) is 0 Å². The zero-order valence-electron chi connectivity index (χ0n) is 8.50. The minimum Gasteiger partial charge on any atom is -0.275 e. The molecule has 0 aromatic carbocycles. The van der Waals surface area contributed by atoms with Gasteiger partial charge in [-0.15, -0.1) is 0 Å². The van der Waals surface area contributed by atoms with Crippen LogP contribution in [0.4, 0.5) is 0 Å². The summed E-state index contributed by atoms with van der Waals surface area (Å²) in [4.78, 5) is 16.3. The van der Waals surface area contributed by atoms with Gasteiger partial charge in [-0.25, -0.2) is 5.06 Å². The highest BCUT2D eigenvalue weighted by Crippen LogP contribution is 2.11. The molecular weight excluding hydrogens is 281 g/mol. The van der Waals surface area contributed by atoms with Gasteiger partial charge < -0.3 is 0 Å². The molecule has 0 fully saturated rings. The fourth-order valence-electron chi connectivity index (χ4n) is 0.840. The largest absolute Gasteiger partial charge is 0.275 e. The minimum absolute atomic E-state index is 0.0106. The van der Waals surface area contributed by atoms with Crippen molar-refractivity contribution in [1.82, 2.24) is 5.06 Å². The number of rotatable bonds is 4. The number of carbonyl (C=O) groups excluding carboxylic acids is 1. The number of amides is 1. The molecule has 0 aliphatic heterocycles. The highest BCUT2D eigenvalue weighted by Gasteiger charge is 2.15. The summed E-state index contributed by atoms with van der Waals surface area (Å²) in [5.74, 6) is -0.00827. The van der Waals surface area contributed by atoms with Crippen LogP contribution in [0, 0.1) is 5.92 Å². The van der Waals surface area contributed by atoms with Crippen molar-refractivity contribution in [1.29, 1.82) is 0 Å². The lowest BCUT2D eigenvalue weighted by atomic mass is 10.1. The van der Waals surface area contributed by atoms with Crippen molar-refractivity contribution in [3.05, 3.63) is 9.66 Å². The van der Waals surface area contributed by atoms with Crippen LogP contribution in [-0.2, 0) is 9.63 Å². The fraction of sp³-hybridized carbons (Fsp3) is 0.667. The van der Waals surface area contributed by atoms with Gasteiger partial charge in [-0.3, -0.25) is 9.63 Å². The van der Waals surface area contributed by atoms with Crippen LogP contribution in [0.5, 0.6) is 0 Å². The zero-order chi connectivity index (χ0) is 10.4. The Morgan fingerprint density at radius 2 is 2.23 bits per heavy atom. The Hall–Kier alpha value is -0.100. The molecule has 0 spiro atoms. The average Bonchev–Trinajstić information content (AvgIpc) is 2.11. The van der Waals surface area contributed by atoms with E-state index in [1.165, 1.54) is 15.8 Å². The van der Waals surface area contributed by atoms with E-state index in [-0.39, 0.29) is 11.8 Å². The lowest BCUT2D eigenvalue weighted by molar-refractivity contribution is -0.172. The number of hydroxylamine groups is 2. The van der Waals surface area contributed by atoms with Gasteiger partial charge in [0.25, 0.3) is 0 Å². The molecule has 0 bridgehead atoms. The van der Waals surface area contributed by atoms with Crippen LogP contribution in [0.15, 0.2) is 9.66 Å². The first-order valence-electron chi connectivity index (χ1n) is 4.13. The lowest BCUT2D eigenvalue weighted by Crippen LogP contribution is -2.30. The third kappa shape index (κ3) is 5.25. The Labute approximate surface area is 93.2 Å². The molecule has 0 radical (unpaired) electrons. The summed E-state index contributed by atoms with van der Waals surface area (Å²) in [5, 5.41) is 1.26. The zero-order valence-corrected chi connectivity index (χ0v) is 10.7. The molecule has 0 heterocycles. The second-order valence-corrected chi connectivity index (χ2v) is 4.65. The maximum absolute atomic E-state index is 11.5. The van der Waals surface area contributed by atoms with Crippen LogP contribution in [0.3, 0.4) is 0 Å². The highest BCUT2D eigenvalue weighted by atomic mass is 127. The number of hydrogen-bond acceptors (Lipinski definition) is 2. The maximum Gasteiger partial charge on any atom is 0.248 e. The first kappa shape index (κ1) is 12.9. The second-order valence-electron chi connectivity index (χ2n) is 2.95. The Bertz CT molecular complexity index is 200. The lowest BCUT2D eigenvalue weighted by Gasteiger charge is -2.17. The van der Waals surface area contributed by atoms with E-state index in [1.807, 2.05) is 19.9 Å². The van der Waals surface area contributed by atoms with Gasteiger partial charge in [0, 0.05) is 13.0 Å². The SMILES string of the molecule is CON(C)C(=O)[C@@H](C)C/C=C(/C)I. The molecule has 0 saturated carbocycles. The summed E-state index contributed by atoms with van der Waals surface area (Å²) in [6.45, 7) is 3.91. The van der Waals surface area contributed by atoms with Crippen LogP contribution in [0.25, 0.3) is 0 Å². The number of hydrogen-bond donors (Lipinski definition) is 0. The summed E-state index contributed by atoms with van der Waals surface area (Å²) in [7, 11) is 3.11. The molecule has 0 saturated heterocycles. The molecule has 0 aromatic rings. The van der Waals surface area contributed by atoms with E-state index in [0.29, 0.717) is 0 Å². The van der Waals surface area contributed by atoms with E-state index in [2.05, 4.69) is 22.6 Å². The van der Waals surface area contributed by atoms with Gasteiger partial charge in [-0.1, -0.05) is 13.0 Å². The van der Waals surface area contributed by atoms with Crippen LogP contribution >= 0.6 is 22.6 Å². The predicted molar refractivity (Wildman–Crippen MR) is 61.3 cm³/mol. The van der Waals surface area contributed by atoms with E-state index >= 15 is 0 Å². The molecule has 13 heavy (non-hydrogen) atoms. The molecule has 1 atom stereocenters. The smallest absolute Gasteiger partial charge is 0.248 e. The Morgan fingerprint density at radius 1 is 1.69 bits per heavy atom. The summed E-state index contributed by atoms with van der Waals surface area (Å²) in [6, 6.07) is 0. The van der Waals surface area contributed by atoms with Crippen molar-refractivity contribution < 1.29 is 9.63 Å². The average molecular weight is 297 g/mol. The predicted octanol–water partition coefficient (Wildman–Crippen LogP) is 2.37. The van der Waals surface area contributed by atoms with Crippen LogP contribution in [-0.4, -0.2) is 25.1 Å². The summed E-state index contributed by atoms with van der Waals surface area (Å²) in [6.07, 6.45) is 2.81. The van der Waals surface area contributed by atoms with E-state index < -0.39 is 0 Å². The van der Waals surface area contributed by atoms with E-state index in [1.54, 1.807) is 7.05 Å². The van der Waals surface area contributed by atoms with Gasteiger partial charge in [0.2, 0.25) is 5.91 Å². The monoisotopic (exact) mass is 297 g/mol. The number of allylic oxidation sites excluding steroid dienone is 2. The summed E-state index contributed by atoms with van der Waals surface area (Å²) in [5.41, 5.74) is 0. The minimum atomic E-state index is -0.0188. The van der Waals surface area contributed by atoms with E-state index in [9.17, 15) is 4.79 Å². The molecule has 0 aromatic heterocycles. The quantitative estimate of drug-likeness (QED) is 0.589. The van der Waals surface area contributed by atoms with Crippen molar-refractivity contribution in [2.45, 2.75) is 20.3 Å². The first-order valence-corrected chi connectivity index (χ1v) is 5.20. The normalized spacial score (nSPS) is 14.1. The van der Waals surface area contributed by atoms with Crippen LogP contribution < -0.4 is 0 Å². The van der Waals surface area contributed by atoms with Gasteiger partial charge in [-0.2, -0.15) is 0 Å². The van der Waals surface area contributed by atoms with Gasteiger partial charge in [-0.05, 0) is 39.5 Å². The molecular formula is C9H16INO2. The Balaban J connectivity index is 4.04. The molecule has 1 amide bonds. The fourth-order valence-corrected chi connectivity index (χ4v) is 1.09. The molecule has 0 unspecified atom stereocenters. The van der Waals surface area contributed by atoms with Crippen molar-refractivity contribution in [2.24, 2.45) is 5.92 Å². The number of carbonyl (C=O) groups is 1. The van der Waals surface area contributed by atoms with Crippen LogP contribution in [0.2, 0.25) is 0 Å². The van der Waals surface area contributed by atoms with Gasteiger partial charge >= 0.3 is 0 Å². The highest BCUT2D eigenvalue weighted by molar-refractivity contribution is 14.1. The molecule has 0 aliphatic carbocycles. The van der Waals surface area contributed by atoms with Gasteiger partial charge in [0.15, 0.2) is 0 Å². The topological polar surface area (TPSA) is 29.5 Å². The Morgan fingerprint density at radius 3 is 2.62 bits per heavy atom. The molecule has 3 nitrogen and oxygen atoms in total. The Kier molecular flexibility index (Phi) is 6.32. The molecule has 0 rings (SSSR count). The van der Waals surface area contributed by atoms with Gasteiger partial charge in [0.05, 0.1) is 7.11 Å². The van der Waals surface area contributed by atoms with Crippen molar-refractivity contribution >= 4 is 28.5 Å².